The molecule has 1 aromatic carbocycles. The molecule has 1 amide bonds. The number of benzene rings is 1. The van der Waals surface area contributed by atoms with Gasteiger partial charge in [-0.05, 0) is 43.3 Å². The zero-order chi connectivity index (χ0) is 13.7. The van der Waals surface area contributed by atoms with Crippen LogP contribution in [0.15, 0.2) is 47.1 Å². The summed E-state index contributed by atoms with van der Waals surface area (Å²) in [6.45, 7) is 1.96. The molecular weight excluding hydrogens is 247 g/mol. The molecule has 4 nitrogen and oxygen atoms in total. The molecule has 0 aliphatic carbocycles. The smallest absolute Gasteiger partial charge is 0.239 e. The van der Waals surface area contributed by atoms with E-state index in [1.165, 1.54) is 12.1 Å². The number of carbonyl (C=O) groups is 1. The maximum atomic E-state index is 12.7. The molecule has 0 saturated heterocycles. The number of rotatable bonds is 5. The van der Waals surface area contributed by atoms with Gasteiger partial charge in [-0.1, -0.05) is 0 Å². The van der Waals surface area contributed by atoms with Crippen LogP contribution in [0, 0.1) is 5.82 Å². The van der Waals surface area contributed by atoms with Gasteiger partial charge < -0.3 is 15.1 Å². The molecule has 2 rings (SSSR count). The largest absolute Gasteiger partial charge is 0.467 e. The molecular formula is C14H15FN2O2. The van der Waals surface area contributed by atoms with Crippen molar-refractivity contribution in [1.29, 1.82) is 0 Å². The van der Waals surface area contributed by atoms with Crippen molar-refractivity contribution in [2.45, 2.75) is 13.0 Å². The first-order chi connectivity index (χ1) is 9.15. The van der Waals surface area contributed by atoms with Gasteiger partial charge in [0.15, 0.2) is 0 Å². The molecule has 0 saturated carbocycles. The van der Waals surface area contributed by atoms with Crippen molar-refractivity contribution in [2.24, 2.45) is 0 Å². The standard InChI is InChI=1S/C14H15FN2O2/c1-10(13-3-2-8-19-13)17-14(18)9-16-12-6-4-11(15)5-7-12/h2-8,10,16H,9H2,1H3,(H,17,18). The van der Waals surface area contributed by atoms with E-state index in [1.807, 2.05) is 6.92 Å². The van der Waals surface area contributed by atoms with Crippen LogP contribution < -0.4 is 10.6 Å². The number of carbonyl (C=O) groups excluding carboxylic acids is 1. The van der Waals surface area contributed by atoms with Crippen LogP contribution in [0.3, 0.4) is 0 Å². The molecule has 5 heteroatoms. The van der Waals surface area contributed by atoms with Gasteiger partial charge in [-0.15, -0.1) is 0 Å². The Labute approximate surface area is 110 Å². The number of anilines is 1. The van der Waals surface area contributed by atoms with Gasteiger partial charge in [0.25, 0.3) is 0 Å². The van der Waals surface area contributed by atoms with E-state index in [9.17, 15) is 9.18 Å². The zero-order valence-electron chi connectivity index (χ0n) is 10.5. The lowest BCUT2D eigenvalue weighted by Crippen LogP contribution is -2.31. The van der Waals surface area contributed by atoms with Gasteiger partial charge in [-0.25, -0.2) is 4.39 Å². The van der Waals surface area contributed by atoms with E-state index in [0.29, 0.717) is 11.4 Å². The van der Waals surface area contributed by atoms with Crippen molar-refractivity contribution in [2.75, 3.05) is 11.9 Å². The molecule has 1 aromatic heterocycles. The van der Waals surface area contributed by atoms with Gasteiger partial charge in [0.2, 0.25) is 5.91 Å². The Morgan fingerprint density at radius 1 is 1.32 bits per heavy atom. The van der Waals surface area contributed by atoms with Gasteiger partial charge >= 0.3 is 0 Å². The molecule has 100 valence electrons. The molecule has 0 fully saturated rings. The molecule has 0 aliphatic rings. The number of furan rings is 1. The first kappa shape index (κ1) is 13.1. The number of nitrogens with one attached hydrogen (secondary N) is 2. The molecule has 2 aromatic rings. The van der Waals surface area contributed by atoms with E-state index in [0.717, 1.165) is 0 Å². The third kappa shape index (κ3) is 3.84. The van der Waals surface area contributed by atoms with E-state index in [2.05, 4.69) is 10.6 Å². The van der Waals surface area contributed by atoms with Crippen molar-refractivity contribution < 1.29 is 13.6 Å². The lowest BCUT2D eigenvalue weighted by atomic mass is 10.2. The fourth-order valence-corrected chi connectivity index (χ4v) is 1.65. The second-order valence-corrected chi connectivity index (χ2v) is 4.17. The maximum Gasteiger partial charge on any atom is 0.239 e. The van der Waals surface area contributed by atoms with Gasteiger partial charge in [-0.2, -0.15) is 0 Å². The van der Waals surface area contributed by atoms with E-state index in [-0.39, 0.29) is 24.3 Å². The molecule has 19 heavy (non-hydrogen) atoms. The lowest BCUT2D eigenvalue weighted by Gasteiger charge is -2.12. The highest BCUT2D eigenvalue weighted by Crippen LogP contribution is 2.12. The average molecular weight is 262 g/mol. The van der Waals surface area contributed by atoms with Crippen molar-refractivity contribution in [3.05, 3.63) is 54.2 Å². The van der Waals surface area contributed by atoms with Crippen LogP contribution in [0.5, 0.6) is 0 Å². The third-order valence-corrected chi connectivity index (χ3v) is 2.64. The number of amides is 1. The maximum absolute atomic E-state index is 12.7. The molecule has 0 spiro atoms. The number of hydrogen-bond donors (Lipinski definition) is 2. The van der Waals surface area contributed by atoms with Crippen molar-refractivity contribution in [3.8, 4) is 0 Å². The van der Waals surface area contributed by atoms with E-state index in [1.54, 1.807) is 30.5 Å². The molecule has 1 heterocycles. The van der Waals surface area contributed by atoms with Gasteiger partial charge in [0.05, 0.1) is 18.8 Å². The Morgan fingerprint density at radius 3 is 2.68 bits per heavy atom. The fourth-order valence-electron chi connectivity index (χ4n) is 1.65. The average Bonchev–Trinajstić information content (AvgIpc) is 2.92. The first-order valence-electron chi connectivity index (χ1n) is 5.97. The Hall–Kier alpha value is -2.30. The summed E-state index contributed by atoms with van der Waals surface area (Å²) in [5.41, 5.74) is 0.696. The fraction of sp³-hybridized carbons (Fsp3) is 0.214. The Bertz CT molecular complexity index is 523. The van der Waals surface area contributed by atoms with Crippen molar-refractivity contribution >= 4 is 11.6 Å². The molecule has 0 aliphatic heterocycles. The highest BCUT2D eigenvalue weighted by atomic mass is 19.1. The molecule has 0 bridgehead atoms. The first-order valence-corrected chi connectivity index (χ1v) is 5.97. The zero-order valence-corrected chi connectivity index (χ0v) is 10.5. The summed E-state index contributed by atoms with van der Waals surface area (Å²) in [6, 6.07) is 9.24. The van der Waals surface area contributed by atoms with Gasteiger partial charge in [0, 0.05) is 5.69 Å². The summed E-state index contributed by atoms with van der Waals surface area (Å²) < 4.78 is 17.9. The van der Waals surface area contributed by atoms with Crippen LogP contribution in [0.25, 0.3) is 0 Å². The van der Waals surface area contributed by atoms with Crippen LogP contribution in [0.1, 0.15) is 18.7 Å². The minimum atomic E-state index is -0.304. The summed E-state index contributed by atoms with van der Waals surface area (Å²) in [6.07, 6.45) is 1.56. The monoisotopic (exact) mass is 262 g/mol. The van der Waals surface area contributed by atoms with Crippen LogP contribution in [0.4, 0.5) is 10.1 Å². The topological polar surface area (TPSA) is 54.3 Å². The molecule has 2 N–H and O–H groups in total. The highest BCUT2D eigenvalue weighted by molar-refractivity contribution is 5.80. The molecule has 1 atom stereocenters. The summed E-state index contributed by atoms with van der Waals surface area (Å²) in [4.78, 5) is 11.7. The second kappa shape index (κ2) is 6.04. The van der Waals surface area contributed by atoms with E-state index in [4.69, 9.17) is 4.42 Å². The molecule has 0 radical (unpaired) electrons. The second-order valence-electron chi connectivity index (χ2n) is 4.17. The highest BCUT2D eigenvalue weighted by Gasteiger charge is 2.11. The quantitative estimate of drug-likeness (QED) is 0.871. The van der Waals surface area contributed by atoms with Crippen LogP contribution in [0.2, 0.25) is 0 Å². The number of halogens is 1. The van der Waals surface area contributed by atoms with Crippen LogP contribution >= 0.6 is 0 Å². The van der Waals surface area contributed by atoms with Gasteiger partial charge in [-0.3, -0.25) is 4.79 Å². The Morgan fingerprint density at radius 2 is 2.05 bits per heavy atom. The van der Waals surface area contributed by atoms with E-state index >= 15 is 0 Å². The van der Waals surface area contributed by atoms with Crippen molar-refractivity contribution in [1.82, 2.24) is 5.32 Å². The van der Waals surface area contributed by atoms with E-state index < -0.39 is 0 Å². The minimum Gasteiger partial charge on any atom is -0.467 e. The Balaban J connectivity index is 1.80. The summed E-state index contributed by atoms with van der Waals surface area (Å²) >= 11 is 0. The lowest BCUT2D eigenvalue weighted by molar-refractivity contribution is -0.120. The van der Waals surface area contributed by atoms with Crippen molar-refractivity contribution in [3.63, 3.8) is 0 Å². The SMILES string of the molecule is CC(NC(=O)CNc1ccc(F)cc1)c1ccco1. The Kier molecular flexibility index (Phi) is 4.18. The normalized spacial score (nSPS) is 11.9. The van der Waals surface area contributed by atoms with Gasteiger partial charge in [0.1, 0.15) is 11.6 Å². The molecule has 1 unspecified atom stereocenters. The van der Waals surface area contributed by atoms with Crippen LogP contribution in [-0.4, -0.2) is 12.5 Å². The summed E-state index contributed by atoms with van der Waals surface area (Å²) in [7, 11) is 0. The predicted molar refractivity (Wildman–Crippen MR) is 70.2 cm³/mol. The minimum absolute atomic E-state index is 0.122. The predicted octanol–water partition coefficient (Wildman–Crippen LogP) is 2.71. The summed E-state index contributed by atoms with van der Waals surface area (Å²) in [5.74, 6) is 0.241. The van der Waals surface area contributed by atoms with Crippen LogP contribution in [-0.2, 0) is 4.79 Å². The summed E-state index contributed by atoms with van der Waals surface area (Å²) in [5, 5.41) is 5.71. The third-order valence-electron chi connectivity index (χ3n) is 2.64. The number of hydrogen-bond acceptors (Lipinski definition) is 3.